The molecule has 0 bridgehead atoms. The van der Waals surface area contributed by atoms with Gasteiger partial charge in [0.2, 0.25) is 0 Å². The minimum Gasteiger partial charge on any atom is -0.465 e. The van der Waals surface area contributed by atoms with Crippen molar-refractivity contribution in [3.63, 3.8) is 0 Å². The second-order valence-corrected chi connectivity index (χ2v) is 10.5. The average molecular weight is 505 g/mol. The molecule has 0 N–H and O–H groups in total. The molecule has 6 nitrogen and oxygen atoms in total. The lowest BCUT2D eigenvalue weighted by atomic mass is 10.0. The molecule has 0 atom stereocenters. The largest absolute Gasteiger partial charge is 0.465 e. The van der Waals surface area contributed by atoms with Crippen LogP contribution < -0.4 is 4.90 Å². The number of hydrogen-bond donors (Lipinski definition) is 0. The van der Waals surface area contributed by atoms with Crippen molar-refractivity contribution in [2.24, 2.45) is 0 Å². The number of hydrogen-bond acceptors (Lipinski definition) is 6. The van der Waals surface area contributed by atoms with Gasteiger partial charge >= 0.3 is 12.1 Å². The maximum atomic E-state index is 14.6. The standard InChI is InChI=1S/C25H26ClFN2O4S/c1-25(2,3)33-24(31)29-11-9-28(10-12-29)16-7-5-15(6-8-16)17-13-19(26)21(27)22-18(17)14-20(34-22)23(30)32-4/h5-8,13-14H,9-12H2,1-4H3. The number of anilines is 1. The lowest BCUT2D eigenvalue weighted by molar-refractivity contribution is 0.0240. The first kappa shape index (κ1) is 24.3. The van der Waals surface area contributed by atoms with E-state index in [0.29, 0.717) is 41.1 Å². The predicted molar refractivity (Wildman–Crippen MR) is 134 cm³/mol. The number of esters is 1. The van der Waals surface area contributed by atoms with Crippen LogP contribution >= 0.6 is 22.9 Å². The number of carbonyl (C=O) groups is 2. The van der Waals surface area contributed by atoms with E-state index in [0.717, 1.165) is 28.2 Å². The predicted octanol–water partition coefficient (Wildman–Crippen LogP) is 6.20. The lowest BCUT2D eigenvalue weighted by Crippen LogP contribution is -2.50. The topological polar surface area (TPSA) is 59.1 Å². The van der Waals surface area contributed by atoms with Crippen LogP contribution in [0.25, 0.3) is 21.2 Å². The molecule has 2 aromatic carbocycles. The number of amides is 1. The first-order valence-corrected chi connectivity index (χ1v) is 12.1. The van der Waals surface area contributed by atoms with Crippen molar-refractivity contribution in [1.82, 2.24) is 4.90 Å². The Morgan fingerprint density at radius 1 is 1.06 bits per heavy atom. The van der Waals surface area contributed by atoms with Gasteiger partial charge in [0.05, 0.1) is 16.8 Å². The summed E-state index contributed by atoms with van der Waals surface area (Å²) in [6.07, 6.45) is -0.290. The summed E-state index contributed by atoms with van der Waals surface area (Å²) < 4.78 is 25.2. The Morgan fingerprint density at radius 3 is 2.29 bits per heavy atom. The molecule has 9 heteroatoms. The van der Waals surface area contributed by atoms with Gasteiger partial charge in [0, 0.05) is 37.3 Å². The number of nitrogens with zero attached hydrogens (tertiary/aromatic N) is 2. The number of carbonyl (C=O) groups excluding carboxylic acids is 2. The fourth-order valence-electron chi connectivity index (χ4n) is 3.90. The van der Waals surface area contributed by atoms with E-state index in [9.17, 15) is 14.0 Å². The van der Waals surface area contributed by atoms with Crippen LogP contribution in [0.3, 0.4) is 0 Å². The Bertz CT molecular complexity index is 1230. The van der Waals surface area contributed by atoms with Gasteiger partial charge in [-0.1, -0.05) is 23.7 Å². The van der Waals surface area contributed by atoms with E-state index in [4.69, 9.17) is 21.1 Å². The molecule has 1 aliphatic rings. The quantitative estimate of drug-likeness (QED) is 0.397. The minimum absolute atomic E-state index is 0.00288. The maximum Gasteiger partial charge on any atom is 0.410 e. The molecule has 3 aromatic rings. The van der Waals surface area contributed by atoms with Crippen LogP contribution in [0.15, 0.2) is 36.4 Å². The van der Waals surface area contributed by atoms with Crippen LogP contribution in [-0.2, 0) is 9.47 Å². The van der Waals surface area contributed by atoms with E-state index in [2.05, 4.69) is 4.90 Å². The van der Waals surface area contributed by atoms with E-state index in [1.54, 1.807) is 17.0 Å². The summed E-state index contributed by atoms with van der Waals surface area (Å²) in [5, 5.41) is 0.620. The molecule has 4 rings (SSSR count). The summed E-state index contributed by atoms with van der Waals surface area (Å²) >= 11 is 7.19. The van der Waals surface area contributed by atoms with Gasteiger partial charge < -0.3 is 19.3 Å². The number of benzene rings is 2. The number of methoxy groups -OCH3 is 1. The van der Waals surface area contributed by atoms with Gasteiger partial charge in [0.25, 0.3) is 0 Å². The summed E-state index contributed by atoms with van der Waals surface area (Å²) in [5.74, 6) is -1.05. The van der Waals surface area contributed by atoms with Crippen LogP contribution in [0.5, 0.6) is 0 Å². The van der Waals surface area contributed by atoms with Crippen molar-refractivity contribution in [1.29, 1.82) is 0 Å². The molecule has 1 fully saturated rings. The molecule has 0 radical (unpaired) electrons. The number of ether oxygens (including phenoxy) is 2. The average Bonchev–Trinajstić information content (AvgIpc) is 3.26. The van der Waals surface area contributed by atoms with Crippen molar-refractivity contribution in [3.8, 4) is 11.1 Å². The van der Waals surface area contributed by atoms with Gasteiger partial charge in [-0.2, -0.15) is 0 Å². The molecule has 1 amide bonds. The molecule has 180 valence electrons. The fraction of sp³-hybridized carbons (Fsp3) is 0.360. The fourth-order valence-corrected chi connectivity index (χ4v) is 5.20. The maximum absolute atomic E-state index is 14.6. The molecule has 1 aromatic heterocycles. The summed E-state index contributed by atoms with van der Waals surface area (Å²) in [4.78, 5) is 28.5. The highest BCUT2D eigenvalue weighted by Gasteiger charge is 2.26. The van der Waals surface area contributed by atoms with Crippen molar-refractivity contribution >= 4 is 50.8 Å². The van der Waals surface area contributed by atoms with Crippen LogP contribution in [0.1, 0.15) is 30.4 Å². The van der Waals surface area contributed by atoms with E-state index >= 15 is 0 Å². The number of halogens is 2. The minimum atomic E-state index is -0.542. The zero-order valence-electron chi connectivity index (χ0n) is 19.5. The number of fused-ring (bicyclic) bond motifs is 1. The second kappa shape index (κ2) is 9.43. The van der Waals surface area contributed by atoms with Crippen LogP contribution in [-0.4, -0.2) is 55.9 Å². The summed E-state index contributed by atoms with van der Waals surface area (Å²) in [7, 11) is 1.29. The van der Waals surface area contributed by atoms with Crippen molar-refractivity contribution in [2.45, 2.75) is 26.4 Å². The SMILES string of the molecule is COC(=O)c1cc2c(-c3ccc(N4CCN(C(=O)OC(C)(C)C)CC4)cc3)cc(Cl)c(F)c2s1. The molecular weight excluding hydrogens is 479 g/mol. The Morgan fingerprint density at radius 2 is 1.71 bits per heavy atom. The zero-order valence-corrected chi connectivity index (χ0v) is 21.1. The molecule has 1 aliphatic heterocycles. The molecule has 0 spiro atoms. The van der Waals surface area contributed by atoms with Crippen molar-refractivity contribution in [2.75, 3.05) is 38.2 Å². The van der Waals surface area contributed by atoms with E-state index in [1.807, 2.05) is 45.0 Å². The van der Waals surface area contributed by atoms with Gasteiger partial charge in [-0.3, -0.25) is 0 Å². The van der Waals surface area contributed by atoms with Crippen LogP contribution in [0.4, 0.5) is 14.9 Å². The third-order valence-electron chi connectivity index (χ3n) is 5.56. The monoisotopic (exact) mass is 504 g/mol. The van der Waals surface area contributed by atoms with Crippen LogP contribution in [0, 0.1) is 5.82 Å². The Balaban J connectivity index is 1.54. The van der Waals surface area contributed by atoms with E-state index in [1.165, 1.54) is 7.11 Å². The van der Waals surface area contributed by atoms with E-state index < -0.39 is 17.4 Å². The van der Waals surface area contributed by atoms with Gasteiger partial charge in [-0.15, -0.1) is 11.3 Å². The molecule has 1 saturated heterocycles. The lowest BCUT2D eigenvalue weighted by Gasteiger charge is -2.36. The number of piperazine rings is 1. The molecular formula is C25H26ClFN2O4S. The van der Waals surface area contributed by atoms with Crippen LogP contribution in [0.2, 0.25) is 5.02 Å². The smallest absolute Gasteiger partial charge is 0.410 e. The highest BCUT2D eigenvalue weighted by Crippen LogP contribution is 2.40. The molecule has 2 heterocycles. The molecule has 0 unspecified atom stereocenters. The van der Waals surface area contributed by atoms with Gasteiger partial charge in [-0.25, -0.2) is 14.0 Å². The Labute approximate surface area is 206 Å². The highest BCUT2D eigenvalue weighted by molar-refractivity contribution is 7.20. The number of rotatable bonds is 3. The normalized spacial score (nSPS) is 14.4. The summed E-state index contributed by atoms with van der Waals surface area (Å²) in [6.45, 7) is 8.12. The van der Waals surface area contributed by atoms with E-state index in [-0.39, 0.29) is 11.1 Å². The number of thiophene rings is 1. The molecule has 0 aliphatic carbocycles. The van der Waals surface area contributed by atoms with Gasteiger partial charge in [0.15, 0.2) is 5.82 Å². The molecule has 34 heavy (non-hydrogen) atoms. The zero-order chi connectivity index (χ0) is 24.6. The Hall–Kier alpha value is -2.84. The third kappa shape index (κ3) is 4.98. The first-order valence-electron chi connectivity index (χ1n) is 10.9. The van der Waals surface area contributed by atoms with Crippen molar-refractivity contribution in [3.05, 3.63) is 52.1 Å². The highest BCUT2D eigenvalue weighted by atomic mass is 35.5. The third-order valence-corrected chi connectivity index (χ3v) is 6.95. The summed E-state index contributed by atoms with van der Waals surface area (Å²) in [5.41, 5.74) is 2.11. The summed E-state index contributed by atoms with van der Waals surface area (Å²) in [6, 6.07) is 11.1. The Kier molecular flexibility index (Phi) is 6.73. The van der Waals surface area contributed by atoms with Crippen molar-refractivity contribution < 1.29 is 23.5 Å². The molecule has 0 saturated carbocycles. The second-order valence-electron chi connectivity index (χ2n) is 9.07. The van der Waals surface area contributed by atoms with Gasteiger partial charge in [0.1, 0.15) is 10.5 Å². The first-order chi connectivity index (χ1) is 16.1. The van der Waals surface area contributed by atoms with Gasteiger partial charge in [-0.05, 0) is 56.2 Å².